The number of carbonyl (C=O) groups is 2. The van der Waals surface area contributed by atoms with Crippen LogP contribution in [0, 0.1) is 0 Å². The lowest BCUT2D eigenvalue weighted by Gasteiger charge is -2.20. The summed E-state index contributed by atoms with van der Waals surface area (Å²) >= 11 is 0. The number of ether oxygens (including phenoxy) is 1. The standard InChI is InChI=1S/C19H21NO3/c1-13(21)14-9-11-15(12-10-14)20-17-8-6-5-7-16(17)18(22)23-19(2,3)4/h5-12,20H,1-4H3. The van der Waals surface area contributed by atoms with Crippen molar-refractivity contribution in [1.82, 2.24) is 0 Å². The van der Waals surface area contributed by atoms with Gasteiger partial charge in [0.2, 0.25) is 0 Å². The summed E-state index contributed by atoms with van der Waals surface area (Å²) in [5.41, 5.74) is 2.03. The van der Waals surface area contributed by atoms with Crippen LogP contribution in [0.3, 0.4) is 0 Å². The number of esters is 1. The quantitative estimate of drug-likeness (QED) is 0.663. The van der Waals surface area contributed by atoms with Crippen LogP contribution >= 0.6 is 0 Å². The molecule has 0 aromatic heterocycles. The minimum absolute atomic E-state index is 0.0192. The molecule has 1 N–H and O–H groups in total. The Balaban J connectivity index is 2.23. The van der Waals surface area contributed by atoms with Gasteiger partial charge in [-0.15, -0.1) is 0 Å². The van der Waals surface area contributed by atoms with E-state index < -0.39 is 5.60 Å². The molecule has 4 nitrogen and oxygen atoms in total. The van der Waals surface area contributed by atoms with Gasteiger partial charge in [0.05, 0.1) is 11.3 Å². The first-order valence-corrected chi connectivity index (χ1v) is 7.47. The van der Waals surface area contributed by atoms with E-state index in [0.29, 0.717) is 16.8 Å². The van der Waals surface area contributed by atoms with Crippen molar-refractivity contribution >= 4 is 23.1 Å². The summed E-state index contributed by atoms with van der Waals surface area (Å²) in [6, 6.07) is 14.3. The molecule has 0 saturated heterocycles. The number of hydrogen-bond donors (Lipinski definition) is 1. The zero-order valence-corrected chi connectivity index (χ0v) is 13.8. The Kier molecular flexibility index (Phi) is 4.84. The fourth-order valence-electron chi connectivity index (χ4n) is 2.05. The minimum Gasteiger partial charge on any atom is -0.456 e. The molecule has 0 amide bonds. The van der Waals surface area contributed by atoms with Gasteiger partial charge in [-0.3, -0.25) is 4.79 Å². The molecule has 0 atom stereocenters. The van der Waals surface area contributed by atoms with Gasteiger partial charge in [0, 0.05) is 11.3 Å². The van der Waals surface area contributed by atoms with E-state index in [4.69, 9.17) is 4.74 Å². The maximum atomic E-state index is 12.3. The van der Waals surface area contributed by atoms with Crippen LogP contribution in [0.2, 0.25) is 0 Å². The van der Waals surface area contributed by atoms with Gasteiger partial charge in [0.1, 0.15) is 5.60 Å². The molecule has 4 heteroatoms. The van der Waals surface area contributed by atoms with E-state index in [2.05, 4.69) is 5.32 Å². The maximum Gasteiger partial charge on any atom is 0.340 e. The van der Waals surface area contributed by atoms with Gasteiger partial charge in [0.25, 0.3) is 0 Å². The molecule has 0 aliphatic carbocycles. The molecule has 0 fully saturated rings. The Hall–Kier alpha value is -2.62. The smallest absolute Gasteiger partial charge is 0.340 e. The highest BCUT2D eigenvalue weighted by Gasteiger charge is 2.20. The van der Waals surface area contributed by atoms with Crippen LogP contribution in [0.25, 0.3) is 0 Å². The molecule has 0 aliphatic heterocycles. The molecule has 0 aliphatic rings. The second kappa shape index (κ2) is 6.65. The molecule has 0 saturated carbocycles. The SMILES string of the molecule is CC(=O)c1ccc(Nc2ccccc2C(=O)OC(C)(C)C)cc1. The topological polar surface area (TPSA) is 55.4 Å². The van der Waals surface area contributed by atoms with Crippen molar-refractivity contribution in [2.75, 3.05) is 5.32 Å². The van der Waals surface area contributed by atoms with Gasteiger partial charge in [-0.05, 0) is 64.1 Å². The van der Waals surface area contributed by atoms with Crippen molar-refractivity contribution in [2.24, 2.45) is 0 Å². The second-order valence-corrected chi connectivity index (χ2v) is 6.31. The molecule has 2 aromatic carbocycles. The third-order valence-corrected chi connectivity index (χ3v) is 3.12. The third kappa shape index (κ3) is 4.68. The van der Waals surface area contributed by atoms with Crippen molar-refractivity contribution < 1.29 is 14.3 Å². The van der Waals surface area contributed by atoms with Gasteiger partial charge in [0.15, 0.2) is 5.78 Å². The van der Waals surface area contributed by atoms with Crippen molar-refractivity contribution in [3.8, 4) is 0 Å². The number of benzene rings is 2. The van der Waals surface area contributed by atoms with Crippen LogP contribution in [0.5, 0.6) is 0 Å². The van der Waals surface area contributed by atoms with Gasteiger partial charge in [-0.2, -0.15) is 0 Å². The largest absolute Gasteiger partial charge is 0.456 e. The Labute approximate surface area is 136 Å². The first kappa shape index (κ1) is 16.7. The van der Waals surface area contributed by atoms with Crippen LogP contribution in [-0.4, -0.2) is 17.4 Å². The number of para-hydroxylation sites is 1. The van der Waals surface area contributed by atoms with E-state index in [1.807, 2.05) is 45.0 Å². The van der Waals surface area contributed by atoms with Crippen LogP contribution in [0.4, 0.5) is 11.4 Å². The normalized spacial score (nSPS) is 11.0. The lowest BCUT2D eigenvalue weighted by molar-refractivity contribution is 0.00706. The minimum atomic E-state index is -0.548. The molecular weight excluding hydrogens is 290 g/mol. The monoisotopic (exact) mass is 311 g/mol. The summed E-state index contributed by atoms with van der Waals surface area (Å²) in [5, 5.41) is 3.19. The second-order valence-electron chi connectivity index (χ2n) is 6.31. The number of carbonyl (C=O) groups excluding carboxylic acids is 2. The molecule has 120 valence electrons. The van der Waals surface area contributed by atoms with Crippen molar-refractivity contribution in [3.05, 3.63) is 59.7 Å². The van der Waals surface area contributed by atoms with E-state index in [9.17, 15) is 9.59 Å². The number of ketones is 1. The van der Waals surface area contributed by atoms with Crippen LogP contribution in [-0.2, 0) is 4.74 Å². The zero-order chi connectivity index (χ0) is 17.0. The molecule has 23 heavy (non-hydrogen) atoms. The Morgan fingerprint density at radius 3 is 2.13 bits per heavy atom. The fourth-order valence-corrected chi connectivity index (χ4v) is 2.05. The molecule has 0 spiro atoms. The predicted octanol–water partition coefficient (Wildman–Crippen LogP) is 4.59. The highest BCUT2D eigenvalue weighted by molar-refractivity contribution is 5.97. The first-order valence-electron chi connectivity index (χ1n) is 7.47. The van der Waals surface area contributed by atoms with E-state index in [-0.39, 0.29) is 11.8 Å². The molecular formula is C19H21NO3. The summed E-state index contributed by atoms with van der Waals surface area (Å²) in [7, 11) is 0. The summed E-state index contributed by atoms with van der Waals surface area (Å²) < 4.78 is 5.43. The third-order valence-electron chi connectivity index (χ3n) is 3.12. The van der Waals surface area contributed by atoms with Crippen molar-refractivity contribution in [1.29, 1.82) is 0 Å². The highest BCUT2D eigenvalue weighted by atomic mass is 16.6. The lowest BCUT2D eigenvalue weighted by atomic mass is 10.1. The summed E-state index contributed by atoms with van der Waals surface area (Å²) in [6.45, 7) is 7.03. The molecule has 2 rings (SSSR count). The number of anilines is 2. The molecule has 0 radical (unpaired) electrons. The summed E-state index contributed by atoms with van der Waals surface area (Å²) in [5.74, 6) is -0.355. The predicted molar refractivity (Wildman–Crippen MR) is 91.3 cm³/mol. The number of hydrogen-bond acceptors (Lipinski definition) is 4. The van der Waals surface area contributed by atoms with E-state index in [1.165, 1.54) is 6.92 Å². The van der Waals surface area contributed by atoms with Gasteiger partial charge in [-0.25, -0.2) is 4.79 Å². The van der Waals surface area contributed by atoms with Crippen molar-refractivity contribution in [2.45, 2.75) is 33.3 Å². The highest BCUT2D eigenvalue weighted by Crippen LogP contribution is 2.23. The van der Waals surface area contributed by atoms with Gasteiger partial charge >= 0.3 is 5.97 Å². The van der Waals surface area contributed by atoms with Crippen LogP contribution < -0.4 is 5.32 Å². The van der Waals surface area contributed by atoms with Crippen molar-refractivity contribution in [3.63, 3.8) is 0 Å². The summed E-state index contributed by atoms with van der Waals surface area (Å²) in [4.78, 5) is 23.6. The molecule has 0 heterocycles. The van der Waals surface area contributed by atoms with Crippen LogP contribution in [0.15, 0.2) is 48.5 Å². The van der Waals surface area contributed by atoms with E-state index in [0.717, 1.165) is 5.69 Å². The van der Waals surface area contributed by atoms with Gasteiger partial charge in [-0.1, -0.05) is 12.1 Å². The first-order chi connectivity index (χ1) is 10.8. The Bertz CT molecular complexity index is 712. The van der Waals surface area contributed by atoms with E-state index >= 15 is 0 Å². The molecule has 0 bridgehead atoms. The summed E-state index contributed by atoms with van der Waals surface area (Å²) in [6.07, 6.45) is 0. The number of Topliss-reactive ketones (excluding diaryl/α,β-unsaturated/α-hetero) is 1. The van der Waals surface area contributed by atoms with Gasteiger partial charge < -0.3 is 10.1 Å². The lowest BCUT2D eigenvalue weighted by Crippen LogP contribution is -2.24. The average Bonchev–Trinajstić information content (AvgIpc) is 2.46. The Morgan fingerprint density at radius 2 is 1.57 bits per heavy atom. The average molecular weight is 311 g/mol. The number of nitrogens with one attached hydrogen (secondary N) is 1. The van der Waals surface area contributed by atoms with E-state index in [1.54, 1.807) is 24.3 Å². The van der Waals surface area contributed by atoms with Crippen LogP contribution in [0.1, 0.15) is 48.4 Å². The molecule has 0 unspecified atom stereocenters. The fraction of sp³-hybridized carbons (Fsp3) is 0.263. The maximum absolute atomic E-state index is 12.3. The Morgan fingerprint density at radius 1 is 0.957 bits per heavy atom. The molecule has 2 aromatic rings. The zero-order valence-electron chi connectivity index (χ0n) is 13.8. The number of rotatable bonds is 4.